The Kier molecular flexibility index (Phi) is 5.41. The van der Waals surface area contributed by atoms with E-state index >= 15 is 0 Å². The number of benzene rings is 3. The molecule has 0 saturated heterocycles. The Balaban J connectivity index is 1.52. The second-order valence-electron chi connectivity index (χ2n) is 6.67. The molecule has 0 bridgehead atoms. The van der Waals surface area contributed by atoms with E-state index in [4.69, 9.17) is 11.6 Å². The van der Waals surface area contributed by atoms with Crippen LogP contribution in [0, 0.1) is 0 Å². The number of hydrogen-bond donors (Lipinski definition) is 1. The summed E-state index contributed by atoms with van der Waals surface area (Å²) in [5.74, 6) is -0.261. The molecule has 7 heteroatoms. The average molecular weight is 417 g/mol. The third-order valence-electron chi connectivity index (χ3n) is 4.61. The van der Waals surface area contributed by atoms with Gasteiger partial charge < -0.3 is 5.32 Å². The molecule has 148 valence electrons. The molecule has 0 fully saturated rings. The van der Waals surface area contributed by atoms with Crippen molar-refractivity contribution in [1.82, 2.24) is 15.0 Å². The van der Waals surface area contributed by atoms with Gasteiger partial charge in [-0.1, -0.05) is 28.9 Å². The number of amides is 1. The molecule has 4 aromatic rings. The summed E-state index contributed by atoms with van der Waals surface area (Å²) in [5.41, 5.74) is 4.24. The van der Waals surface area contributed by atoms with Gasteiger partial charge in [0.2, 0.25) is 0 Å². The quantitative estimate of drug-likeness (QED) is 0.462. The first-order valence-electron chi connectivity index (χ1n) is 9.21. The number of carbonyl (C=O) groups excluding carboxylic acids is 2. The Morgan fingerprint density at radius 1 is 0.867 bits per heavy atom. The minimum absolute atomic E-state index is 0.0189. The van der Waals surface area contributed by atoms with E-state index in [1.54, 1.807) is 47.3 Å². The van der Waals surface area contributed by atoms with Gasteiger partial charge in [0, 0.05) is 27.4 Å². The average Bonchev–Trinajstić information content (AvgIpc) is 3.24. The van der Waals surface area contributed by atoms with Crippen molar-refractivity contribution in [3.8, 4) is 16.9 Å². The first kappa shape index (κ1) is 19.5. The molecule has 4 rings (SSSR count). The van der Waals surface area contributed by atoms with Crippen molar-refractivity contribution in [2.75, 3.05) is 5.32 Å². The highest BCUT2D eigenvalue weighted by Gasteiger charge is 2.11. The van der Waals surface area contributed by atoms with Gasteiger partial charge in [0.05, 0.1) is 17.6 Å². The van der Waals surface area contributed by atoms with Gasteiger partial charge in [-0.2, -0.15) is 0 Å². The highest BCUT2D eigenvalue weighted by atomic mass is 35.5. The van der Waals surface area contributed by atoms with Gasteiger partial charge in [-0.3, -0.25) is 9.59 Å². The van der Waals surface area contributed by atoms with Crippen LogP contribution in [0.25, 0.3) is 16.9 Å². The number of hydrogen-bond acceptors (Lipinski definition) is 4. The van der Waals surface area contributed by atoms with Crippen molar-refractivity contribution in [2.24, 2.45) is 0 Å². The van der Waals surface area contributed by atoms with E-state index in [9.17, 15) is 9.59 Å². The highest BCUT2D eigenvalue weighted by molar-refractivity contribution is 6.30. The molecule has 0 saturated carbocycles. The minimum atomic E-state index is -0.242. The predicted molar refractivity (Wildman–Crippen MR) is 116 cm³/mol. The van der Waals surface area contributed by atoms with Crippen LogP contribution in [-0.4, -0.2) is 26.7 Å². The van der Waals surface area contributed by atoms with Crippen LogP contribution >= 0.6 is 11.6 Å². The lowest BCUT2D eigenvalue weighted by Crippen LogP contribution is -2.12. The van der Waals surface area contributed by atoms with Crippen LogP contribution in [0.4, 0.5) is 5.69 Å². The van der Waals surface area contributed by atoms with Crippen molar-refractivity contribution >= 4 is 29.0 Å². The molecule has 6 nitrogen and oxygen atoms in total. The van der Waals surface area contributed by atoms with Crippen LogP contribution in [0.2, 0.25) is 5.02 Å². The molecule has 30 heavy (non-hydrogen) atoms. The van der Waals surface area contributed by atoms with Crippen LogP contribution in [0.3, 0.4) is 0 Å². The number of Topliss-reactive ketones (excluding diaryl/α,β-unsaturated/α-hetero) is 1. The number of rotatable bonds is 5. The van der Waals surface area contributed by atoms with Crippen molar-refractivity contribution < 1.29 is 9.59 Å². The number of nitrogens with zero attached hydrogens (tertiary/aromatic N) is 3. The fourth-order valence-electron chi connectivity index (χ4n) is 2.99. The number of ketones is 1. The molecule has 0 atom stereocenters. The topological polar surface area (TPSA) is 76.9 Å². The molecule has 1 amide bonds. The summed E-state index contributed by atoms with van der Waals surface area (Å²) in [5, 5.41) is 11.6. The Morgan fingerprint density at radius 2 is 1.50 bits per heavy atom. The summed E-state index contributed by atoms with van der Waals surface area (Å²) in [6, 6.07) is 21.3. The molecule has 0 aliphatic rings. The van der Waals surface area contributed by atoms with Gasteiger partial charge in [0.15, 0.2) is 5.78 Å². The minimum Gasteiger partial charge on any atom is -0.322 e. The van der Waals surface area contributed by atoms with Gasteiger partial charge in [0.1, 0.15) is 0 Å². The Hall–Kier alpha value is -3.77. The SMILES string of the molecule is CC(=O)c1ccc(NC(=O)c2ccc(-n3nncc3-c3ccc(Cl)cc3)cc2)cc1. The summed E-state index contributed by atoms with van der Waals surface area (Å²) in [7, 11) is 0. The Morgan fingerprint density at radius 3 is 2.13 bits per heavy atom. The fraction of sp³-hybridized carbons (Fsp3) is 0.0435. The van der Waals surface area contributed by atoms with Crippen LogP contribution < -0.4 is 5.32 Å². The Labute approximate surface area is 178 Å². The van der Waals surface area contributed by atoms with Crippen molar-refractivity contribution in [2.45, 2.75) is 6.92 Å². The van der Waals surface area contributed by atoms with Gasteiger partial charge in [0.25, 0.3) is 5.91 Å². The number of halogens is 1. The third-order valence-corrected chi connectivity index (χ3v) is 4.86. The standard InChI is InChI=1S/C23H17ClN4O2/c1-15(29)16-4-10-20(11-5-16)26-23(30)18-6-12-21(13-7-18)28-22(14-25-27-28)17-2-8-19(24)9-3-17/h2-14H,1H3,(H,26,30). The van der Waals surface area contributed by atoms with E-state index in [2.05, 4.69) is 15.6 Å². The van der Waals surface area contributed by atoms with Crippen LogP contribution in [0.1, 0.15) is 27.6 Å². The fourth-order valence-corrected chi connectivity index (χ4v) is 3.11. The van der Waals surface area contributed by atoms with Gasteiger partial charge >= 0.3 is 0 Å². The second kappa shape index (κ2) is 8.31. The number of carbonyl (C=O) groups is 2. The lowest BCUT2D eigenvalue weighted by Gasteiger charge is -2.09. The zero-order chi connectivity index (χ0) is 21.1. The summed E-state index contributed by atoms with van der Waals surface area (Å²) in [4.78, 5) is 23.9. The summed E-state index contributed by atoms with van der Waals surface area (Å²) in [6.07, 6.45) is 1.68. The molecular formula is C23H17ClN4O2. The molecule has 1 N–H and O–H groups in total. The molecule has 0 spiro atoms. The monoisotopic (exact) mass is 416 g/mol. The number of nitrogens with one attached hydrogen (secondary N) is 1. The van der Waals surface area contributed by atoms with Crippen molar-refractivity contribution in [1.29, 1.82) is 0 Å². The maximum Gasteiger partial charge on any atom is 0.255 e. The van der Waals surface area contributed by atoms with E-state index in [0.717, 1.165) is 16.9 Å². The van der Waals surface area contributed by atoms with Crippen LogP contribution in [0.15, 0.2) is 79.0 Å². The Bertz CT molecular complexity index is 1200. The molecule has 0 aliphatic carbocycles. The summed E-state index contributed by atoms with van der Waals surface area (Å²) < 4.78 is 1.70. The van der Waals surface area contributed by atoms with E-state index in [0.29, 0.717) is 21.8 Å². The molecule has 0 radical (unpaired) electrons. The zero-order valence-electron chi connectivity index (χ0n) is 16.0. The highest BCUT2D eigenvalue weighted by Crippen LogP contribution is 2.23. The van der Waals surface area contributed by atoms with Crippen molar-refractivity contribution in [3.63, 3.8) is 0 Å². The second-order valence-corrected chi connectivity index (χ2v) is 7.11. The zero-order valence-corrected chi connectivity index (χ0v) is 16.8. The lowest BCUT2D eigenvalue weighted by atomic mass is 10.1. The third kappa shape index (κ3) is 4.14. The molecule has 1 heterocycles. The maximum atomic E-state index is 12.5. The van der Waals surface area contributed by atoms with Gasteiger partial charge in [-0.05, 0) is 67.6 Å². The van der Waals surface area contributed by atoms with Crippen LogP contribution in [0.5, 0.6) is 0 Å². The molecule has 3 aromatic carbocycles. The summed E-state index contributed by atoms with van der Waals surface area (Å²) in [6.45, 7) is 1.50. The molecule has 0 unspecified atom stereocenters. The smallest absolute Gasteiger partial charge is 0.255 e. The molecule has 1 aromatic heterocycles. The molecule has 0 aliphatic heterocycles. The van der Waals surface area contributed by atoms with Gasteiger partial charge in [-0.15, -0.1) is 5.10 Å². The summed E-state index contributed by atoms with van der Waals surface area (Å²) >= 11 is 5.97. The normalized spacial score (nSPS) is 10.6. The first-order valence-corrected chi connectivity index (χ1v) is 9.58. The lowest BCUT2D eigenvalue weighted by molar-refractivity contribution is 0.101. The molecular weight excluding hydrogens is 400 g/mol. The largest absolute Gasteiger partial charge is 0.322 e. The van der Waals surface area contributed by atoms with Crippen LogP contribution in [-0.2, 0) is 0 Å². The van der Waals surface area contributed by atoms with E-state index in [-0.39, 0.29) is 11.7 Å². The predicted octanol–water partition coefficient (Wildman–Crippen LogP) is 5.04. The van der Waals surface area contributed by atoms with E-state index in [1.807, 2.05) is 36.4 Å². The van der Waals surface area contributed by atoms with Gasteiger partial charge in [-0.25, -0.2) is 4.68 Å². The van der Waals surface area contributed by atoms with E-state index < -0.39 is 0 Å². The number of anilines is 1. The maximum absolute atomic E-state index is 12.5. The van der Waals surface area contributed by atoms with Crippen molar-refractivity contribution in [3.05, 3.63) is 95.1 Å². The number of aromatic nitrogens is 3. The van der Waals surface area contributed by atoms with E-state index in [1.165, 1.54) is 6.92 Å². The first-order chi connectivity index (χ1) is 14.5.